The summed E-state index contributed by atoms with van der Waals surface area (Å²) in [6, 6.07) is 11.3. The number of benzene rings is 2. The smallest absolute Gasteiger partial charge is 0.291 e. The molecule has 1 amide bonds. The summed E-state index contributed by atoms with van der Waals surface area (Å²) in [6.45, 7) is 5.85. The molecule has 2 aromatic carbocycles. The summed E-state index contributed by atoms with van der Waals surface area (Å²) in [5.41, 5.74) is 4.30. The van der Waals surface area contributed by atoms with Crippen molar-refractivity contribution < 1.29 is 9.21 Å². The van der Waals surface area contributed by atoms with Gasteiger partial charge >= 0.3 is 0 Å². The summed E-state index contributed by atoms with van der Waals surface area (Å²) in [5, 5.41) is 4.28. The number of furan rings is 1. The minimum absolute atomic E-state index is 0.265. The molecule has 3 nitrogen and oxygen atoms in total. The summed E-state index contributed by atoms with van der Waals surface area (Å²) in [6.07, 6.45) is 0. The van der Waals surface area contributed by atoms with Crippen LogP contribution in [0.15, 0.2) is 40.8 Å². The largest absolute Gasteiger partial charge is 0.449 e. The molecule has 0 spiro atoms. The highest BCUT2D eigenvalue weighted by Gasteiger charge is 2.19. The van der Waals surface area contributed by atoms with Gasteiger partial charge in [0, 0.05) is 16.6 Å². The fraction of sp³-hybridized carbons (Fsp3) is 0.167. The number of aryl methyl sites for hydroxylation is 2. The standard InChI is InChI=1S/C18H16ClNO2/c1-10-6-4-9-15(11(10)2)20-18(21)16-12(3)13-7-5-8-14(19)17(13)22-16/h4-9H,1-3H3,(H,20,21). The fourth-order valence-corrected chi connectivity index (χ4v) is 2.70. The maximum atomic E-state index is 12.5. The molecule has 112 valence electrons. The molecule has 1 N–H and O–H groups in total. The van der Waals surface area contributed by atoms with E-state index in [-0.39, 0.29) is 5.91 Å². The van der Waals surface area contributed by atoms with Crippen molar-refractivity contribution in [2.75, 3.05) is 5.32 Å². The summed E-state index contributed by atoms with van der Waals surface area (Å²) in [5.74, 6) is 0.0301. The second-order valence-electron chi connectivity index (χ2n) is 5.37. The number of nitrogens with one attached hydrogen (secondary N) is 1. The van der Waals surface area contributed by atoms with Crippen LogP contribution in [0.2, 0.25) is 5.02 Å². The van der Waals surface area contributed by atoms with Crippen molar-refractivity contribution >= 4 is 34.2 Å². The molecule has 4 heteroatoms. The third-order valence-electron chi connectivity index (χ3n) is 3.97. The van der Waals surface area contributed by atoms with Gasteiger partial charge in [-0.25, -0.2) is 0 Å². The molecular formula is C18H16ClNO2. The van der Waals surface area contributed by atoms with Crippen LogP contribution in [-0.2, 0) is 0 Å². The maximum absolute atomic E-state index is 12.5. The molecule has 0 radical (unpaired) electrons. The van der Waals surface area contributed by atoms with E-state index < -0.39 is 0 Å². The molecule has 3 aromatic rings. The number of carbonyl (C=O) groups excluding carboxylic acids is 1. The zero-order chi connectivity index (χ0) is 15.9. The Bertz CT molecular complexity index is 880. The Kier molecular flexibility index (Phi) is 3.67. The first-order valence-electron chi connectivity index (χ1n) is 7.04. The number of halogens is 1. The summed E-state index contributed by atoms with van der Waals surface area (Å²) in [7, 11) is 0. The Balaban J connectivity index is 2.01. The molecule has 0 saturated heterocycles. The van der Waals surface area contributed by atoms with Gasteiger partial charge in [0.2, 0.25) is 0 Å². The Labute approximate surface area is 133 Å². The lowest BCUT2D eigenvalue weighted by molar-refractivity contribution is 0.0998. The molecule has 0 saturated carbocycles. The van der Waals surface area contributed by atoms with Crippen molar-refractivity contribution in [2.24, 2.45) is 0 Å². The summed E-state index contributed by atoms with van der Waals surface area (Å²) < 4.78 is 5.69. The van der Waals surface area contributed by atoms with E-state index in [0.717, 1.165) is 27.8 Å². The van der Waals surface area contributed by atoms with Gasteiger partial charge in [0.05, 0.1) is 5.02 Å². The Morgan fingerprint density at radius 1 is 1.05 bits per heavy atom. The lowest BCUT2D eigenvalue weighted by atomic mass is 10.1. The van der Waals surface area contributed by atoms with E-state index in [0.29, 0.717) is 16.4 Å². The van der Waals surface area contributed by atoms with Gasteiger partial charge in [0.15, 0.2) is 11.3 Å². The fourth-order valence-electron chi connectivity index (χ4n) is 2.49. The number of fused-ring (bicyclic) bond motifs is 1. The van der Waals surface area contributed by atoms with E-state index in [1.807, 2.05) is 51.1 Å². The van der Waals surface area contributed by atoms with Crippen LogP contribution in [0, 0.1) is 20.8 Å². The van der Waals surface area contributed by atoms with Crippen molar-refractivity contribution in [2.45, 2.75) is 20.8 Å². The number of para-hydroxylation sites is 1. The molecule has 1 aromatic heterocycles. The summed E-state index contributed by atoms with van der Waals surface area (Å²) >= 11 is 6.13. The van der Waals surface area contributed by atoms with Crippen molar-refractivity contribution in [1.82, 2.24) is 0 Å². The highest BCUT2D eigenvalue weighted by Crippen LogP contribution is 2.31. The van der Waals surface area contributed by atoms with Crippen molar-refractivity contribution in [3.63, 3.8) is 0 Å². The highest BCUT2D eigenvalue weighted by atomic mass is 35.5. The average Bonchev–Trinajstić information content (AvgIpc) is 2.83. The van der Waals surface area contributed by atoms with Gasteiger partial charge in [0.25, 0.3) is 5.91 Å². The maximum Gasteiger partial charge on any atom is 0.291 e. The lowest BCUT2D eigenvalue weighted by Crippen LogP contribution is -2.13. The van der Waals surface area contributed by atoms with Gasteiger partial charge < -0.3 is 9.73 Å². The minimum atomic E-state index is -0.265. The predicted octanol–water partition coefficient (Wildman–Crippen LogP) is 5.26. The van der Waals surface area contributed by atoms with E-state index >= 15 is 0 Å². The highest BCUT2D eigenvalue weighted by molar-refractivity contribution is 6.35. The van der Waals surface area contributed by atoms with Gasteiger partial charge in [-0.15, -0.1) is 0 Å². The number of carbonyl (C=O) groups is 1. The van der Waals surface area contributed by atoms with E-state index in [2.05, 4.69) is 5.32 Å². The first-order valence-corrected chi connectivity index (χ1v) is 7.42. The molecule has 0 bridgehead atoms. The van der Waals surface area contributed by atoms with E-state index in [1.54, 1.807) is 6.07 Å². The second kappa shape index (κ2) is 5.50. The van der Waals surface area contributed by atoms with Crippen LogP contribution in [-0.4, -0.2) is 5.91 Å². The van der Waals surface area contributed by atoms with Gasteiger partial charge in [-0.1, -0.05) is 35.9 Å². The van der Waals surface area contributed by atoms with Crippen LogP contribution >= 0.6 is 11.6 Å². The first kappa shape index (κ1) is 14.7. The van der Waals surface area contributed by atoms with Crippen LogP contribution in [0.4, 0.5) is 5.69 Å². The number of rotatable bonds is 2. The Morgan fingerprint density at radius 3 is 2.50 bits per heavy atom. The molecular weight excluding hydrogens is 298 g/mol. The minimum Gasteiger partial charge on any atom is -0.449 e. The predicted molar refractivity (Wildman–Crippen MR) is 89.8 cm³/mol. The van der Waals surface area contributed by atoms with Gasteiger partial charge in [-0.2, -0.15) is 0 Å². The summed E-state index contributed by atoms with van der Waals surface area (Å²) in [4.78, 5) is 12.5. The Hall–Kier alpha value is -2.26. The number of hydrogen-bond acceptors (Lipinski definition) is 2. The third kappa shape index (κ3) is 2.38. The number of hydrogen-bond donors (Lipinski definition) is 1. The molecule has 0 unspecified atom stereocenters. The second-order valence-corrected chi connectivity index (χ2v) is 5.78. The van der Waals surface area contributed by atoms with Crippen LogP contribution in [0.5, 0.6) is 0 Å². The van der Waals surface area contributed by atoms with Crippen LogP contribution in [0.1, 0.15) is 27.2 Å². The monoisotopic (exact) mass is 313 g/mol. The topological polar surface area (TPSA) is 42.2 Å². The SMILES string of the molecule is Cc1cccc(NC(=O)c2oc3c(Cl)cccc3c2C)c1C. The number of anilines is 1. The quantitative estimate of drug-likeness (QED) is 0.701. The third-order valence-corrected chi connectivity index (χ3v) is 4.27. The molecule has 0 aliphatic rings. The van der Waals surface area contributed by atoms with Crippen LogP contribution in [0.3, 0.4) is 0 Å². The first-order chi connectivity index (χ1) is 10.5. The molecule has 0 aliphatic heterocycles. The number of amides is 1. The van der Waals surface area contributed by atoms with Crippen LogP contribution in [0.25, 0.3) is 11.0 Å². The van der Waals surface area contributed by atoms with Crippen molar-refractivity contribution in [1.29, 1.82) is 0 Å². The van der Waals surface area contributed by atoms with E-state index in [9.17, 15) is 4.79 Å². The van der Waals surface area contributed by atoms with Gasteiger partial charge in [-0.3, -0.25) is 4.79 Å². The molecule has 0 aliphatic carbocycles. The molecule has 22 heavy (non-hydrogen) atoms. The van der Waals surface area contributed by atoms with E-state index in [1.165, 1.54) is 0 Å². The zero-order valence-corrected chi connectivity index (χ0v) is 13.4. The zero-order valence-electron chi connectivity index (χ0n) is 12.7. The molecule has 1 heterocycles. The molecule has 0 fully saturated rings. The lowest BCUT2D eigenvalue weighted by Gasteiger charge is -2.09. The van der Waals surface area contributed by atoms with Crippen LogP contribution < -0.4 is 5.32 Å². The average molecular weight is 314 g/mol. The van der Waals surface area contributed by atoms with Gasteiger partial charge in [-0.05, 0) is 44.0 Å². The molecule has 0 atom stereocenters. The van der Waals surface area contributed by atoms with E-state index in [4.69, 9.17) is 16.0 Å². The molecule has 3 rings (SSSR count). The van der Waals surface area contributed by atoms with Crippen molar-refractivity contribution in [3.05, 3.63) is 63.9 Å². The normalized spacial score (nSPS) is 10.9. The van der Waals surface area contributed by atoms with Crippen molar-refractivity contribution in [3.8, 4) is 0 Å². The van der Waals surface area contributed by atoms with Gasteiger partial charge in [0.1, 0.15) is 0 Å². The Morgan fingerprint density at radius 2 is 1.77 bits per heavy atom.